The first kappa shape index (κ1) is 22.2. The predicted molar refractivity (Wildman–Crippen MR) is 122 cm³/mol. The molecule has 0 bridgehead atoms. The van der Waals surface area contributed by atoms with Crippen LogP contribution in [0.15, 0.2) is 59.7 Å². The fourth-order valence-corrected chi connectivity index (χ4v) is 3.33. The number of hydrogen-bond acceptors (Lipinski definition) is 9. The summed E-state index contributed by atoms with van der Waals surface area (Å²) >= 11 is 0. The quantitative estimate of drug-likeness (QED) is 0.231. The third kappa shape index (κ3) is 4.07. The summed E-state index contributed by atoms with van der Waals surface area (Å²) in [5.74, 6) is -0.262. The van der Waals surface area contributed by atoms with Gasteiger partial charge in [-0.2, -0.15) is 0 Å². The SMILES string of the molecule is CCOc1cc(-c2nc3ccccn3c2/N=C/c2cc([N+](=O)[O-])cc([N+](=O)[O-])c2O)ccc1O. The average Bonchev–Trinajstić information content (AvgIpc) is 3.18. The summed E-state index contributed by atoms with van der Waals surface area (Å²) < 4.78 is 7.09. The second kappa shape index (κ2) is 8.86. The van der Waals surface area contributed by atoms with Crippen LogP contribution >= 0.6 is 0 Å². The standard InChI is InChI=1S/C22H17N5O7/c1-2-34-18-10-13(6-7-17(18)28)20-22(25-8-4-3-5-19(25)24-20)23-12-14-9-15(26(30)31)11-16(21(14)29)27(32)33/h3-12,28-29H,2H2,1H3/b23-12+. The number of fused-ring (bicyclic) bond motifs is 1. The molecular weight excluding hydrogens is 446 g/mol. The highest BCUT2D eigenvalue weighted by molar-refractivity contribution is 5.90. The highest BCUT2D eigenvalue weighted by atomic mass is 16.6. The fourth-order valence-electron chi connectivity index (χ4n) is 3.33. The van der Waals surface area contributed by atoms with Gasteiger partial charge in [0.05, 0.1) is 22.5 Å². The molecule has 2 aromatic heterocycles. The zero-order valence-corrected chi connectivity index (χ0v) is 17.7. The maximum Gasteiger partial charge on any atom is 0.318 e. The van der Waals surface area contributed by atoms with E-state index in [1.54, 1.807) is 47.9 Å². The van der Waals surface area contributed by atoms with Gasteiger partial charge in [0.15, 0.2) is 17.3 Å². The van der Waals surface area contributed by atoms with Crippen molar-refractivity contribution in [1.29, 1.82) is 0 Å². The van der Waals surface area contributed by atoms with Gasteiger partial charge in [-0.15, -0.1) is 0 Å². The van der Waals surface area contributed by atoms with Crippen LogP contribution in [0.25, 0.3) is 16.9 Å². The average molecular weight is 463 g/mol. The maximum atomic E-state index is 11.2. The van der Waals surface area contributed by atoms with Crippen LogP contribution in [0.3, 0.4) is 0 Å². The first-order valence-electron chi connectivity index (χ1n) is 9.93. The summed E-state index contributed by atoms with van der Waals surface area (Å²) in [5.41, 5.74) is -0.101. The smallest absolute Gasteiger partial charge is 0.318 e. The topological polar surface area (TPSA) is 166 Å². The number of aromatic nitrogens is 2. The molecule has 4 aromatic rings. The number of ether oxygens (including phenoxy) is 1. The molecule has 34 heavy (non-hydrogen) atoms. The van der Waals surface area contributed by atoms with Crippen molar-refractivity contribution in [3.63, 3.8) is 0 Å². The van der Waals surface area contributed by atoms with Crippen LogP contribution in [0.4, 0.5) is 17.2 Å². The van der Waals surface area contributed by atoms with Gasteiger partial charge < -0.3 is 14.9 Å². The molecule has 12 heteroatoms. The molecule has 0 aliphatic rings. The van der Waals surface area contributed by atoms with E-state index in [1.807, 2.05) is 0 Å². The van der Waals surface area contributed by atoms with E-state index in [1.165, 1.54) is 6.07 Å². The number of non-ortho nitro benzene ring substituents is 1. The van der Waals surface area contributed by atoms with Crippen LogP contribution in [0, 0.1) is 20.2 Å². The summed E-state index contributed by atoms with van der Waals surface area (Å²) in [7, 11) is 0. The summed E-state index contributed by atoms with van der Waals surface area (Å²) in [6, 6.07) is 11.6. The molecule has 0 aliphatic carbocycles. The number of nitrogens with zero attached hydrogens (tertiary/aromatic N) is 5. The molecule has 0 saturated carbocycles. The van der Waals surface area contributed by atoms with E-state index in [0.717, 1.165) is 12.3 Å². The summed E-state index contributed by atoms with van der Waals surface area (Å²) in [4.78, 5) is 29.7. The number of nitro groups is 2. The van der Waals surface area contributed by atoms with Gasteiger partial charge in [-0.05, 0) is 37.3 Å². The lowest BCUT2D eigenvalue weighted by Gasteiger charge is -2.08. The Kier molecular flexibility index (Phi) is 5.79. The molecule has 12 nitrogen and oxygen atoms in total. The Morgan fingerprint density at radius 2 is 1.91 bits per heavy atom. The molecule has 2 N–H and O–H groups in total. The van der Waals surface area contributed by atoms with Gasteiger partial charge >= 0.3 is 5.69 Å². The van der Waals surface area contributed by atoms with Crippen LogP contribution in [0.1, 0.15) is 12.5 Å². The minimum absolute atomic E-state index is 0.0479. The second-order valence-electron chi connectivity index (χ2n) is 7.00. The Balaban J connectivity index is 1.89. The number of aliphatic imine (C=N–C) groups is 1. The van der Waals surface area contributed by atoms with E-state index in [-0.39, 0.29) is 22.9 Å². The fraction of sp³-hybridized carbons (Fsp3) is 0.0909. The first-order valence-corrected chi connectivity index (χ1v) is 9.93. The lowest BCUT2D eigenvalue weighted by atomic mass is 10.1. The molecular formula is C22H17N5O7. The minimum atomic E-state index is -0.912. The Morgan fingerprint density at radius 1 is 1.12 bits per heavy atom. The summed E-state index contributed by atoms with van der Waals surface area (Å²) in [6.07, 6.45) is 2.79. The lowest BCUT2D eigenvalue weighted by Crippen LogP contribution is -1.96. The highest BCUT2D eigenvalue weighted by Crippen LogP contribution is 2.37. The van der Waals surface area contributed by atoms with E-state index in [2.05, 4.69) is 9.98 Å². The molecule has 172 valence electrons. The van der Waals surface area contributed by atoms with E-state index in [4.69, 9.17) is 4.74 Å². The normalized spacial score (nSPS) is 11.2. The number of hydrogen-bond donors (Lipinski definition) is 2. The molecule has 0 spiro atoms. The van der Waals surface area contributed by atoms with Crippen LogP contribution in [0.2, 0.25) is 0 Å². The molecule has 0 saturated heterocycles. The van der Waals surface area contributed by atoms with Gasteiger partial charge in [-0.25, -0.2) is 9.98 Å². The Hall–Kier alpha value is -5.00. The molecule has 4 rings (SSSR count). The van der Waals surface area contributed by atoms with Crippen molar-refractivity contribution in [2.24, 2.45) is 4.99 Å². The van der Waals surface area contributed by atoms with Crippen molar-refractivity contribution in [3.05, 3.63) is 80.5 Å². The van der Waals surface area contributed by atoms with Crippen LogP contribution in [-0.2, 0) is 0 Å². The number of phenolic OH excluding ortho intramolecular Hbond substituents is 2. The number of phenols is 2. The molecule has 2 heterocycles. The second-order valence-corrected chi connectivity index (χ2v) is 7.00. The lowest BCUT2D eigenvalue weighted by molar-refractivity contribution is -0.394. The molecule has 0 atom stereocenters. The van der Waals surface area contributed by atoms with Crippen molar-refractivity contribution in [2.45, 2.75) is 6.92 Å². The van der Waals surface area contributed by atoms with Crippen molar-refractivity contribution < 1.29 is 24.8 Å². The van der Waals surface area contributed by atoms with Gasteiger partial charge in [0.2, 0.25) is 5.75 Å². The predicted octanol–water partition coefficient (Wildman–Crippen LogP) is 4.38. The molecule has 0 fully saturated rings. The van der Waals surface area contributed by atoms with Gasteiger partial charge in [0, 0.05) is 29.6 Å². The Labute approximate surface area is 191 Å². The number of imidazole rings is 1. The maximum absolute atomic E-state index is 11.2. The Bertz CT molecular complexity index is 1460. The van der Waals surface area contributed by atoms with E-state index in [0.29, 0.717) is 29.6 Å². The zero-order valence-electron chi connectivity index (χ0n) is 17.7. The number of pyridine rings is 1. The van der Waals surface area contributed by atoms with E-state index < -0.39 is 27.0 Å². The molecule has 0 aliphatic heterocycles. The number of aromatic hydroxyl groups is 2. The van der Waals surface area contributed by atoms with Gasteiger partial charge in [-0.1, -0.05) is 6.07 Å². The van der Waals surface area contributed by atoms with E-state index in [9.17, 15) is 30.4 Å². The van der Waals surface area contributed by atoms with E-state index >= 15 is 0 Å². The number of benzene rings is 2. The van der Waals surface area contributed by atoms with Gasteiger partial charge in [0.1, 0.15) is 11.3 Å². The third-order valence-electron chi connectivity index (χ3n) is 4.88. The minimum Gasteiger partial charge on any atom is -0.504 e. The van der Waals surface area contributed by atoms with Crippen molar-refractivity contribution in [2.75, 3.05) is 6.61 Å². The highest BCUT2D eigenvalue weighted by Gasteiger charge is 2.23. The third-order valence-corrected chi connectivity index (χ3v) is 4.88. The van der Waals surface area contributed by atoms with Crippen molar-refractivity contribution in [1.82, 2.24) is 9.38 Å². The van der Waals surface area contributed by atoms with Crippen LogP contribution < -0.4 is 4.74 Å². The number of nitro benzene ring substituents is 2. The van der Waals surface area contributed by atoms with Gasteiger partial charge in [0.25, 0.3) is 5.69 Å². The molecule has 0 radical (unpaired) electrons. The molecule has 2 aromatic carbocycles. The number of rotatable bonds is 7. The van der Waals surface area contributed by atoms with Crippen molar-refractivity contribution >= 4 is 29.1 Å². The zero-order chi connectivity index (χ0) is 24.4. The molecule has 0 unspecified atom stereocenters. The first-order chi connectivity index (χ1) is 16.3. The van der Waals surface area contributed by atoms with Crippen LogP contribution in [-0.4, -0.2) is 42.3 Å². The Morgan fingerprint density at radius 3 is 2.62 bits per heavy atom. The van der Waals surface area contributed by atoms with Crippen LogP contribution in [0.5, 0.6) is 17.2 Å². The molecule has 0 amide bonds. The summed E-state index contributed by atoms with van der Waals surface area (Å²) in [5, 5.41) is 42.8. The summed E-state index contributed by atoms with van der Waals surface area (Å²) in [6.45, 7) is 2.11. The van der Waals surface area contributed by atoms with Gasteiger partial charge in [-0.3, -0.25) is 24.6 Å². The largest absolute Gasteiger partial charge is 0.504 e. The monoisotopic (exact) mass is 463 g/mol. The van der Waals surface area contributed by atoms with Crippen molar-refractivity contribution in [3.8, 4) is 28.5 Å².